The highest BCUT2D eigenvalue weighted by atomic mass is 14.9. The molecule has 0 aromatic carbocycles. The van der Waals surface area contributed by atoms with Crippen LogP contribution in [0.3, 0.4) is 0 Å². The highest BCUT2D eigenvalue weighted by Gasteiger charge is 2.33. The van der Waals surface area contributed by atoms with Gasteiger partial charge < -0.3 is 0 Å². The normalized spacial score (nSPS) is 24.1. The molecule has 1 atom stereocenters. The van der Waals surface area contributed by atoms with Crippen molar-refractivity contribution in [2.24, 2.45) is 23.7 Å². The zero-order chi connectivity index (χ0) is 21.0. The first kappa shape index (κ1) is 23.7. The van der Waals surface area contributed by atoms with Gasteiger partial charge in [0.25, 0.3) is 0 Å². The number of hydrogen-bond donors (Lipinski definition) is 0. The second-order valence-corrected chi connectivity index (χ2v) is 10.5. The molecule has 2 aliphatic carbocycles. The lowest BCUT2D eigenvalue weighted by molar-refractivity contribution is 0.121. The SMILES string of the molecule is CCCCCCCC1CCC(C(Cc2ncc(CCC)cn2)C2CCCCC2)CC1. The van der Waals surface area contributed by atoms with E-state index >= 15 is 0 Å². The van der Waals surface area contributed by atoms with Crippen LogP contribution >= 0.6 is 0 Å². The predicted octanol–water partition coefficient (Wildman–Crippen LogP) is 8.34. The Bertz CT molecular complexity index is 553. The Balaban J connectivity index is 1.52. The van der Waals surface area contributed by atoms with Crippen LogP contribution < -0.4 is 0 Å². The fourth-order valence-electron chi connectivity index (χ4n) is 6.34. The third-order valence-corrected chi connectivity index (χ3v) is 8.18. The summed E-state index contributed by atoms with van der Waals surface area (Å²) in [6.45, 7) is 4.54. The fourth-order valence-corrected chi connectivity index (χ4v) is 6.34. The maximum absolute atomic E-state index is 4.80. The number of rotatable bonds is 12. The van der Waals surface area contributed by atoms with E-state index in [1.807, 2.05) is 0 Å². The van der Waals surface area contributed by atoms with E-state index in [0.29, 0.717) is 0 Å². The van der Waals surface area contributed by atoms with Gasteiger partial charge in [0.05, 0.1) is 0 Å². The molecule has 1 unspecified atom stereocenters. The van der Waals surface area contributed by atoms with Gasteiger partial charge in [-0.25, -0.2) is 9.97 Å². The summed E-state index contributed by atoms with van der Waals surface area (Å²) in [5, 5.41) is 0. The zero-order valence-corrected chi connectivity index (χ0v) is 20.1. The molecule has 2 heteroatoms. The van der Waals surface area contributed by atoms with E-state index in [1.54, 1.807) is 0 Å². The van der Waals surface area contributed by atoms with Crippen molar-refractivity contribution in [3.05, 3.63) is 23.8 Å². The summed E-state index contributed by atoms with van der Waals surface area (Å²) in [4.78, 5) is 9.59. The van der Waals surface area contributed by atoms with Crippen molar-refractivity contribution in [3.8, 4) is 0 Å². The van der Waals surface area contributed by atoms with Gasteiger partial charge in [-0.15, -0.1) is 0 Å². The topological polar surface area (TPSA) is 25.8 Å². The molecule has 30 heavy (non-hydrogen) atoms. The van der Waals surface area contributed by atoms with E-state index in [9.17, 15) is 0 Å². The molecule has 0 radical (unpaired) electrons. The molecule has 1 aromatic rings. The molecule has 2 fully saturated rings. The van der Waals surface area contributed by atoms with Gasteiger partial charge >= 0.3 is 0 Å². The minimum absolute atomic E-state index is 0.827. The lowest BCUT2D eigenvalue weighted by Crippen LogP contribution is -2.31. The van der Waals surface area contributed by atoms with Gasteiger partial charge in [0.2, 0.25) is 0 Å². The number of nitrogens with zero attached hydrogens (tertiary/aromatic N) is 2. The van der Waals surface area contributed by atoms with Crippen LogP contribution in [0.15, 0.2) is 12.4 Å². The predicted molar refractivity (Wildman–Crippen MR) is 129 cm³/mol. The standard InChI is InChI=1S/C28H48N2/c1-3-5-6-7-9-13-23-16-18-26(19-17-23)27(25-14-10-8-11-15-25)20-28-29-21-24(12-4-2)22-30-28/h21-23,25-27H,3-20H2,1-2H3. The van der Waals surface area contributed by atoms with Gasteiger partial charge in [-0.2, -0.15) is 0 Å². The molecule has 1 heterocycles. The Labute approximate surface area is 187 Å². The van der Waals surface area contributed by atoms with Crippen LogP contribution in [0.5, 0.6) is 0 Å². The van der Waals surface area contributed by atoms with Crippen LogP contribution in [-0.2, 0) is 12.8 Å². The number of unbranched alkanes of at least 4 members (excludes halogenated alkanes) is 4. The van der Waals surface area contributed by atoms with Crippen LogP contribution in [0, 0.1) is 23.7 Å². The minimum atomic E-state index is 0.827. The Morgan fingerprint density at radius 1 is 0.767 bits per heavy atom. The smallest absolute Gasteiger partial charge is 0.128 e. The van der Waals surface area contributed by atoms with Crippen molar-refractivity contribution in [1.29, 1.82) is 0 Å². The van der Waals surface area contributed by atoms with Gasteiger partial charge in [0.1, 0.15) is 5.82 Å². The Kier molecular flexibility index (Phi) is 10.7. The summed E-state index contributed by atoms with van der Waals surface area (Å²) >= 11 is 0. The first-order valence-corrected chi connectivity index (χ1v) is 13.6. The largest absolute Gasteiger partial charge is 0.241 e. The quantitative estimate of drug-likeness (QED) is 0.322. The lowest BCUT2D eigenvalue weighted by Gasteiger charge is -2.39. The molecule has 2 nitrogen and oxygen atoms in total. The summed E-state index contributed by atoms with van der Waals surface area (Å²) < 4.78 is 0. The van der Waals surface area contributed by atoms with Crippen LogP contribution in [0.4, 0.5) is 0 Å². The average Bonchev–Trinajstić information content (AvgIpc) is 2.80. The molecule has 3 rings (SSSR count). The van der Waals surface area contributed by atoms with Crippen LogP contribution in [0.2, 0.25) is 0 Å². The van der Waals surface area contributed by atoms with E-state index in [-0.39, 0.29) is 0 Å². The second-order valence-electron chi connectivity index (χ2n) is 10.5. The Morgan fingerprint density at radius 2 is 1.43 bits per heavy atom. The van der Waals surface area contributed by atoms with Crippen molar-refractivity contribution in [3.63, 3.8) is 0 Å². The number of hydrogen-bond acceptors (Lipinski definition) is 2. The highest BCUT2D eigenvalue weighted by Crippen LogP contribution is 2.43. The summed E-state index contributed by atoms with van der Waals surface area (Å²) in [6, 6.07) is 0. The summed E-state index contributed by atoms with van der Waals surface area (Å²) in [5.74, 6) is 4.80. The monoisotopic (exact) mass is 412 g/mol. The lowest BCUT2D eigenvalue weighted by atomic mass is 9.66. The van der Waals surface area contributed by atoms with Crippen molar-refractivity contribution in [2.45, 2.75) is 129 Å². The molecule has 170 valence electrons. The van der Waals surface area contributed by atoms with Gasteiger partial charge in [-0.1, -0.05) is 104 Å². The zero-order valence-electron chi connectivity index (χ0n) is 20.1. The van der Waals surface area contributed by atoms with E-state index in [1.165, 1.54) is 108 Å². The van der Waals surface area contributed by atoms with Crippen molar-refractivity contribution >= 4 is 0 Å². The highest BCUT2D eigenvalue weighted by molar-refractivity contribution is 5.06. The van der Waals surface area contributed by atoms with Crippen molar-refractivity contribution in [2.75, 3.05) is 0 Å². The second kappa shape index (κ2) is 13.5. The number of aromatic nitrogens is 2. The molecule has 0 spiro atoms. The van der Waals surface area contributed by atoms with Crippen LogP contribution in [0.1, 0.15) is 128 Å². The molecule has 1 aromatic heterocycles. The van der Waals surface area contributed by atoms with Crippen LogP contribution in [0.25, 0.3) is 0 Å². The van der Waals surface area contributed by atoms with Gasteiger partial charge in [-0.05, 0) is 48.5 Å². The molecular formula is C28H48N2. The minimum Gasteiger partial charge on any atom is -0.241 e. The number of aryl methyl sites for hydroxylation is 1. The van der Waals surface area contributed by atoms with E-state index in [0.717, 1.165) is 42.3 Å². The third-order valence-electron chi connectivity index (χ3n) is 8.18. The molecule has 2 aliphatic rings. The third kappa shape index (κ3) is 7.65. The maximum atomic E-state index is 4.80. The summed E-state index contributed by atoms with van der Waals surface area (Å²) in [6.07, 6.45) is 29.4. The summed E-state index contributed by atoms with van der Waals surface area (Å²) in [5.41, 5.74) is 1.30. The molecule has 0 N–H and O–H groups in total. The van der Waals surface area contributed by atoms with E-state index < -0.39 is 0 Å². The summed E-state index contributed by atoms with van der Waals surface area (Å²) in [7, 11) is 0. The molecule has 0 bridgehead atoms. The fraction of sp³-hybridized carbons (Fsp3) is 0.857. The van der Waals surface area contributed by atoms with Gasteiger partial charge in [0.15, 0.2) is 0 Å². The van der Waals surface area contributed by atoms with E-state index in [2.05, 4.69) is 26.2 Å². The maximum Gasteiger partial charge on any atom is 0.128 e. The average molecular weight is 413 g/mol. The Morgan fingerprint density at radius 3 is 2.10 bits per heavy atom. The first-order chi connectivity index (χ1) is 14.8. The first-order valence-electron chi connectivity index (χ1n) is 13.6. The van der Waals surface area contributed by atoms with Gasteiger partial charge in [-0.3, -0.25) is 0 Å². The van der Waals surface area contributed by atoms with Gasteiger partial charge in [0, 0.05) is 18.8 Å². The molecule has 0 saturated heterocycles. The molecule has 0 aliphatic heterocycles. The molecule has 2 saturated carbocycles. The Hall–Kier alpha value is -0.920. The van der Waals surface area contributed by atoms with Crippen molar-refractivity contribution in [1.82, 2.24) is 9.97 Å². The van der Waals surface area contributed by atoms with E-state index in [4.69, 9.17) is 9.97 Å². The molecular weight excluding hydrogens is 364 g/mol. The van der Waals surface area contributed by atoms with Crippen molar-refractivity contribution < 1.29 is 0 Å². The van der Waals surface area contributed by atoms with Crippen LogP contribution in [-0.4, -0.2) is 9.97 Å². The molecule has 0 amide bonds.